The van der Waals surface area contributed by atoms with Gasteiger partial charge >= 0.3 is 0 Å². The molecule has 0 heteroatoms. The highest BCUT2D eigenvalue weighted by Gasteiger charge is 2.39. The molecule has 16 heavy (non-hydrogen) atoms. The summed E-state index contributed by atoms with van der Waals surface area (Å²) in [7, 11) is 0. The van der Waals surface area contributed by atoms with Crippen LogP contribution in [-0.4, -0.2) is 0 Å². The largest absolute Gasteiger partial charge is 0.0799 e. The topological polar surface area (TPSA) is 0 Å². The molecule has 0 atom stereocenters. The molecule has 0 aromatic heterocycles. The minimum atomic E-state index is 0.321. The summed E-state index contributed by atoms with van der Waals surface area (Å²) in [6.07, 6.45) is 16.7. The van der Waals surface area contributed by atoms with Gasteiger partial charge in [-0.2, -0.15) is 0 Å². The van der Waals surface area contributed by atoms with Crippen LogP contribution in [0.2, 0.25) is 0 Å². The Kier molecular flexibility index (Phi) is 5.31. The van der Waals surface area contributed by atoms with Crippen LogP contribution in [-0.2, 0) is 0 Å². The van der Waals surface area contributed by atoms with Gasteiger partial charge < -0.3 is 0 Å². The molecule has 91 valence electrons. The highest BCUT2D eigenvalue weighted by molar-refractivity contribution is 5.27. The summed E-state index contributed by atoms with van der Waals surface area (Å²) in [6.45, 7) is 9.33. The lowest BCUT2D eigenvalue weighted by Gasteiger charge is -2.44. The first-order valence-electron chi connectivity index (χ1n) is 6.95. The molecule has 1 aliphatic rings. The second-order valence-corrected chi connectivity index (χ2v) is 4.94. The molecule has 0 saturated carbocycles. The maximum Gasteiger partial charge on any atom is 0.000970 e. The lowest BCUT2D eigenvalue weighted by molar-refractivity contribution is 0.152. The average molecular weight is 219 g/mol. The molecule has 1 rings (SSSR count). The van der Waals surface area contributed by atoms with Crippen molar-refractivity contribution in [2.75, 3.05) is 0 Å². The summed E-state index contributed by atoms with van der Waals surface area (Å²) in [5.41, 5.74) is 0.321. The molecule has 0 bridgehead atoms. The normalized spacial score (nSPS) is 18.6. The van der Waals surface area contributed by atoms with Crippen molar-refractivity contribution in [3.8, 4) is 0 Å². The summed E-state index contributed by atoms with van der Waals surface area (Å²) in [5, 5.41) is 0. The zero-order chi connectivity index (χ0) is 12.0. The van der Waals surface area contributed by atoms with E-state index in [0.29, 0.717) is 5.41 Å². The fraction of sp³-hybridized carbons (Fsp3) is 0.688. The summed E-state index contributed by atoms with van der Waals surface area (Å²) in [5.74, 6) is 1.58. The molecule has 1 aliphatic carbocycles. The Morgan fingerprint density at radius 1 is 0.750 bits per heavy atom. The van der Waals surface area contributed by atoms with E-state index in [0.717, 1.165) is 11.8 Å². The molecule has 0 N–H and O–H groups in total. The van der Waals surface area contributed by atoms with Crippen LogP contribution in [0.15, 0.2) is 24.3 Å². The fourth-order valence-electron chi connectivity index (χ4n) is 3.43. The zero-order valence-corrected chi connectivity index (χ0v) is 11.4. The van der Waals surface area contributed by atoms with Gasteiger partial charge in [-0.25, -0.2) is 0 Å². The van der Waals surface area contributed by atoms with E-state index < -0.39 is 0 Å². The van der Waals surface area contributed by atoms with E-state index in [9.17, 15) is 0 Å². The number of allylic oxidation sites excluding steroid dienone is 4. The molecular formula is C16H27. The van der Waals surface area contributed by atoms with E-state index in [2.05, 4.69) is 58.4 Å². The van der Waals surface area contributed by atoms with Gasteiger partial charge in [0.15, 0.2) is 0 Å². The second kappa shape index (κ2) is 6.27. The standard InChI is InChI=1S/C16H27/c1-5-14(6-2)16(15(7-3)8-4)12-10-9-11-13-16/h9-15H,5-8H2,1-4H3. The van der Waals surface area contributed by atoms with E-state index >= 15 is 0 Å². The Morgan fingerprint density at radius 3 is 1.56 bits per heavy atom. The van der Waals surface area contributed by atoms with Gasteiger partial charge in [0.2, 0.25) is 0 Å². The monoisotopic (exact) mass is 219 g/mol. The minimum absolute atomic E-state index is 0.321. The van der Waals surface area contributed by atoms with E-state index in [1.807, 2.05) is 0 Å². The van der Waals surface area contributed by atoms with Gasteiger partial charge in [0.1, 0.15) is 0 Å². The minimum Gasteiger partial charge on any atom is -0.0799 e. The molecule has 0 amide bonds. The van der Waals surface area contributed by atoms with Gasteiger partial charge in [0.05, 0.1) is 0 Å². The highest BCUT2D eigenvalue weighted by atomic mass is 14.4. The summed E-state index contributed by atoms with van der Waals surface area (Å²) in [6, 6.07) is 0. The number of rotatable bonds is 6. The van der Waals surface area contributed by atoms with Crippen molar-refractivity contribution in [3.63, 3.8) is 0 Å². The van der Waals surface area contributed by atoms with Crippen LogP contribution in [0.25, 0.3) is 0 Å². The summed E-state index contributed by atoms with van der Waals surface area (Å²) >= 11 is 0. The van der Waals surface area contributed by atoms with Crippen molar-refractivity contribution in [2.45, 2.75) is 53.4 Å². The third-order valence-electron chi connectivity index (χ3n) is 4.38. The predicted octanol–water partition coefficient (Wildman–Crippen LogP) is 5.18. The Balaban J connectivity index is 3.00. The van der Waals surface area contributed by atoms with Crippen LogP contribution in [0.4, 0.5) is 0 Å². The van der Waals surface area contributed by atoms with Crippen molar-refractivity contribution in [2.24, 2.45) is 17.3 Å². The Morgan fingerprint density at radius 2 is 1.25 bits per heavy atom. The molecule has 0 unspecified atom stereocenters. The molecule has 0 fully saturated rings. The van der Waals surface area contributed by atoms with Gasteiger partial charge in [0, 0.05) is 5.41 Å². The van der Waals surface area contributed by atoms with Gasteiger partial charge in [-0.15, -0.1) is 0 Å². The van der Waals surface area contributed by atoms with Crippen molar-refractivity contribution in [1.82, 2.24) is 0 Å². The zero-order valence-electron chi connectivity index (χ0n) is 11.4. The average Bonchev–Trinajstić information content (AvgIpc) is 2.33. The number of hydrogen-bond donors (Lipinski definition) is 0. The third kappa shape index (κ3) is 2.42. The Labute approximate surface area is 102 Å². The Bertz CT molecular complexity index is 227. The van der Waals surface area contributed by atoms with Crippen LogP contribution in [0, 0.1) is 23.7 Å². The Hall–Kier alpha value is -0.520. The SMILES string of the molecule is CCC(CC)C1(C(CC)CC)[CH]C=CC=C1. The maximum absolute atomic E-state index is 2.46. The van der Waals surface area contributed by atoms with Crippen molar-refractivity contribution in [1.29, 1.82) is 0 Å². The van der Waals surface area contributed by atoms with E-state index in [1.54, 1.807) is 0 Å². The van der Waals surface area contributed by atoms with Gasteiger partial charge in [-0.3, -0.25) is 0 Å². The van der Waals surface area contributed by atoms with Crippen molar-refractivity contribution < 1.29 is 0 Å². The first kappa shape index (κ1) is 13.5. The second-order valence-electron chi connectivity index (χ2n) is 4.94. The van der Waals surface area contributed by atoms with Gasteiger partial charge in [-0.1, -0.05) is 77.7 Å². The van der Waals surface area contributed by atoms with Crippen LogP contribution in [0.1, 0.15) is 53.4 Å². The summed E-state index contributed by atoms with van der Waals surface area (Å²) in [4.78, 5) is 0. The lowest BCUT2D eigenvalue weighted by Crippen LogP contribution is -2.36. The molecule has 0 aliphatic heterocycles. The highest BCUT2D eigenvalue weighted by Crippen LogP contribution is 2.48. The number of hydrogen-bond acceptors (Lipinski definition) is 0. The predicted molar refractivity (Wildman–Crippen MR) is 73.2 cm³/mol. The fourth-order valence-corrected chi connectivity index (χ4v) is 3.43. The van der Waals surface area contributed by atoms with E-state index in [4.69, 9.17) is 0 Å². The molecule has 0 aromatic carbocycles. The quantitative estimate of drug-likeness (QED) is 0.577. The first-order chi connectivity index (χ1) is 7.75. The first-order valence-corrected chi connectivity index (χ1v) is 6.95. The molecule has 1 radical (unpaired) electrons. The summed E-state index contributed by atoms with van der Waals surface area (Å²) < 4.78 is 0. The van der Waals surface area contributed by atoms with Crippen LogP contribution in [0.3, 0.4) is 0 Å². The molecular weight excluding hydrogens is 192 g/mol. The third-order valence-corrected chi connectivity index (χ3v) is 4.38. The van der Waals surface area contributed by atoms with Crippen molar-refractivity contribution in [3.05, 3.63) is 30.7 Å². The van der Waals surface area contributed by atoms with Gasteiger partial charge in [0.25, 0.3) is 0 Å². The lowest BCUT2D eigenvalue weighted by atomic mass is 9.60. The van der Waals surface area contributed by atoms with Crippen LogP contribution < -0.4 is 0 Å². The van der Waals surface area contributed by atoms with E-state index in [-0.39, 0.29) is 0 Å². The van der Waals surface area contributed by atoms with E-state index in [1.165, 1.54) is 25.7 Å². The van der Waals surface area contributed by atoms with Crippen LogP contribution >= 0.6 is 0 Å². The van der Waals surface area contributed by atoms with Crippen LogP contribution in [0.5, 0.6) is 0 Å². The van der Waals surface area contributed by atoms with Gasteiger partial charge in [-0.05, 0) is 18.3 Å². The molecule has 0 spiro atoms. The van der Waals surface area contributed by atoms with Crippen molar-refractivity contribution >= 4 is 0 Å². The molecule has 0 aromatic rings. The smallest absolute Gasteiger partial charge is 0.000970 e. The molecule has 0 nitrogen and oxygen atoms in total. The molecule has 0 saturated heterocycles. The maximum atomic E-state index is 2.46. The molecule has 0 heterocycles.